The van der Waals surface area contributed by atoms with Crippen LogP contribution in [0, 0.1) is 0 Å². The molecule has 33 heavy (non-hydrogen) atoms. The van der Waals surface area contributed by atoms with Crippen LogP contribution in [0.25, 0.3) is 0 Å². The predicted octanol–water partition coefficient (Wildman–Crippen LogP) is 2.04. The summed E-state index contributed by atoms with van der Waals surface area (Å²) >= 11 is 0. The van der Waals surface area contributed by atoms with Gasteiger partial charge in [0.25, 0.3) is 11.8 Å². The minimum Gasteiger partial charge on any atom is -0.394 e. The van der Waals surface area contributed by atoms with Gasteiger partial charge >= 0.3 is 0 Å². The van der Waals surface area contributed by atoms with Crippen molar-refractivity contribution in [3.8, 4) is 0 Å². The Morgan fingerprint density at radius 2 is 1.85 bits per heavy atom. The van der Waals surface area contributed by atoms with E-state index in [0.717, 1.165) is 18.5 Å². The van der Waals surface area contributed by atoms with E-state index < -0.39 is 17.4 Å². The maximum Gasteiger partial charge on any atom is 0.278 e. The van der Waals surface area contributed by atoms with Crippen molar-refractivity contribution in [3.05, 3.63) is 60.3 Å². The lowest BCUT2D eigenvalue weighted by Gasteiger charge is -2.24. The van der Waals surface area contributed by atoms with Crippen molar-refractivity contribution in [2.45, 2.75) is 38.1 Å². The van der Waals surface area contributed by atoms with E-state index in [2.05, 4.69) is 40.9 Å². The number of nitrogens with one attached hydrogen (secondary N) is 3. The average Bonchev–Trinajstić information content (AvgIpc) is 3.65. The third-order valence-corrected chi connectivity index (χ3v) is 4.99. The molecule has 1 fully saturated rings. The molecule has 170 valence electrons. The van der Waals surface area contributed by atoms with Gasteiger partial charge in [0.15, 0.2) is 11.5 Å². The van der Waals surface area contributed by atoms with Crippen LogP contribution in [0.3, 0.4) is 0 Å². The monoisotopic (exact) mass is 448 g/mol. The molecule has 0 atom stereocenters. The highest BCUT2D eigenvalue weighted by atomic mass is 16.3. The van der Waals surface area contributed by atoms with Gasteiger partial charge in [0, 0.05) is 12.1 Å². The normalized spacial score (nSPS) is 13.3. The van der Waals surface area contributed by atoms with Gasteiger partial charge in [-0.25, -0.2) is 19.9 Å². The molecule has 4 N–H and O–H groups in total. The summed E-state index contributed by atoms with van der Waals surface area (Å²) in [5, 5.41) is 17.9. The molecule has 11 heteroatoms. The molecule has 2 amide bonds. The zero-order valence-electron chi connectivity index (χ0n) is 18.2. The summed E-state index contributed by atoms with van der Waals surface area (Å²) in [6.45, 7) is 3.14. The quantitative estimate of drug-likeness (QED) is 0.405. The second-order valence-corrected chi connectivity index (χ2v) is 8.39. The molecule has 3 aromatic heterocycles. The summed E-state index contributed by atoms with van der Waals surface area (Å²) in [7, 11) is 0. The molecule has 0 saturated heterocycles. The maximum absolute atomic E-state index is 13.3. The van der Waals surface area contributed by atoms with Crippen LogP contribution in [0.15, 0.2) is 43.4 Å². The fraction of sp³-hybridized carbons (Fsp3) is 0.318. The van der Waals surface area contributed by atoms with Gasteiger partial charge in [-0.2, -0.15) is 0 Å². The lowest BCUT2D eigenvalue weighted by molar-refractivity contribution is 0.0870. The van der Waals surface area contributed by atoms with Crippen LogP contribution >= 0.6 is 0 Å². The summed E-state index contributed by atoms with van der Waals surface area (Å²) in [6.07, 6.45) is 11.0. The van der Waals surface area contributed by atoms with Crippen molar-refractivity contribution in [2.75, 3.05) is 17.2 Å². The van der Waals surface area contributed by atoms with Crippen molar-refractivity contribution in [1.82, 2.24) is 30.2 Å². The van der Waals surface area contributed by atoms with Crippen molar-refractivity contribution in [1.29, 1.82) is 0 Å². The van der Waals surface area contributed by atoms with Gasteiger partial charge in [-0.3, -0.25) is 14.6 Å². The predicted molar refractivity (Wildman–Crippen MR) is 120 cm³/mol. The Morgan fingerprint density at radius 3 is 2.55 bits per heavy atom. The van der Waals surface area contributed by atoms with E-state index in [1.54, 1.807) is 32.4 Å². The number of rotatable bonds is 8. The van der Waals surface area contributed by atoms with Crippen LogP contribution in [0.1, 0.15) is 59.1 Å². The van der Waals surface area contributed by atoms with Crippen LogP contribution < -0.4 is 16.0 Å². The molecular formula is C22H24N8O3. The van der Waals surface area contributed by atoms with Gasteiger partial charge in [0.1, 0.15) is 6.33 Å². The number of hydrogen-bond donors (Lipinski definition) is 4. The van der Waals surface area contributed by atoms with Crippen molar-refractivity contribution in [3.63, 3.8) is 0 Å². The Balaban J connectivity index is 1.62. The number of aliphatic hydroxyl groups is 1. The molecular weight excluding hydrogens is 424 g/mol. The Hall–Kier alpha value is -3.99. The second-order valence-electron chi connectivity index (χ2n) is 8.39. The van der Waals surface area contributed by atoms with Crippen LogP contribution in [-0.2, 0) is 0 Å². The summed E-state index contributed by atoms with van der Waals surface area (Å²) in [5.41, 5.74) is 0.949. The minimum atomic E-state index is -0.833. The number of nitrogens with zero attached hydrogens (tertiary/aromatic N) is 5. The Labute approximate surface area is 190 Å². The van der Waals surface area contributed by atoms with E-state index in [1.807, 2.05) is 0 Å². The highest BCUT2D eigenvalue weighted by Crippen LogP contribution is 2.39. The first-order valence-electron chi connectivity index (χ1n) is 10.4. The van der Waals surface area contributed by atoms with Gasteiger partial charge < -0.3 is 21.1 Å². The van der Waals surface area contributed by atoms with Crippen molar-refractivity contribution < 1.29 is 14.7 Å². The first-order chi connectivity index (χ1) is 15.9. The number of hydrogen-bond acceptors (Lipinski definition) is 9. The second kappa shape index (κ2) is 9.25. The van der Waals surface area contributed by atoms with Gasteiger partial charge in [0.05, 0.1) is 59.6 Å². The maximum atomic E-state index is 13.3. The average molecular weight is 448 g/mol. The summed E-state index contributed by atoms with van der Waals surface area (Å²) in [5.74, 6) is -0.473. The van der Waals surface area contributed by atoms with Crippen LogP contribution in [0.2, 0.25) is 0 Å². The Morgan fingerprint density at radius 1 is 1.09 bits per heavy atom. The molecule has 1 saturated carbocycles. The van der Waals surface area contributed by atoms with Gasteiger partial charge in [0.2, 0.25) is 0 Å². The largest absolute Gasteiger partial charge is 0.394 e. The fourth-order valence-electron chi connectivity index (χ4n) is 3.02. The molecule has 1 aliphatic carbocycles. The van der Waals surface area contributed by atoms with Crippen LogP contribution in [-0.4, -0.2) is 54.0 Å². The standard InChI is InChI=1S/C22H24N8O3/c1-22(2,11-31)30-20(32)15-5-6-23-9-17(15)29-21(33)18-19(27-14-7-24-12-25-8-14)26-10-16(28-18)13-3-4-13/h5-10,12-13,31H,3-4,11H2,1-2H3,(H,26,27)(H,29,33)(H,30,32). The molecule has 0 unspecified atom stereocenters. The number of carbonyl (C=O) groups is 2. The van der Waals surface area contributed by atoms with E-state index in [4.69, 9.17) is 0 Å². The lowest BCUT2D eigenvalue weighted by Crippen LogP contribution is -2.46. The van der Waals surface area contributed by atoms with Crippen molar-refractivity contribution in [2.24, 2.45) is 0 Å². The summed E-state index contributed by atoms with van der Waals surface area (Å²) in [6, 6.07) is 1.49. The molecule has 0 spiro atoms. The molecule has 3 heterocycles. The van der Waals surface area contributed by atoms with Gasteiger partial charge in [-0.15, -0.1) is 0 Å². The number of amides is 2. The number of carbonyl (C=O) groups excluding carboxylic acids is 2. The van der Waals surface area contributed by atoms with Gasteiger partial charge in [-0.1, -0.05) is 0 Å². The van der Waals surface area contributed by atoms with E-state index in [0.29, 0.717) is 11.6 Å². The number of anilines is 3. The Bertz CT molecular complexity index is 1170. The summed E-state index contributed by atoms with van der Waals surface area (Å²) < 4.78 is 0. The topological polar surface area (TPSA) is 155 Å². The smallest absolute Gasteiger partial charge is 0.278 e. The summed E-state index contributed by atoms with van der Waals surface area (Å²) in [4.78, 5) is 46.9. The molecule has 1 aliphatic rings. The molecule has 0 radical (unpaired) electrons. The molecule has 3 aromatic rings. The third kappa shape index (κ3) is 5.44. The first-order valence-corrected chi connectivity index (χ1v) is 10.4. The molecule has 0 bridgehead atoms. The number of aliphatic hydroxyl groups excluding tert-OH is 1. The lowest BCUT2D eigenvalue weighted by atomic mass is 10.1. The van der Waals surface area contributed by atoms with Crippen molar-refractivity contribution >= 4 is 29.0 Å². The van der Waals surface area contributed by atoms with Gasteiger partial charge in [-0.05, 0) is 32.8 Å². The van der Waals surface area contributed by atoms with E-state index >= 15 is 0 Å². The zero-order valence-corrected chi connectivity index (χ0v) is 18.2. The molecule has 0 aliphatic heterocycles. The number of pyridine rings is 1. The Kier molecular flexibility index (Phi) is 6.22. The highest BCUT2D eigenvalue weighted by Gasteiger charge is 2.28. The fourth-order valence-corrected chi connectivity index (χ4v) is 3.02. The molecule has 4 rings (SSSR count). The van der Waals surface area contributed by atoms with E-state index in [9.17, 15) is 14.7 Å². The highest BCUT2D eigenvalue weighted by molar-refractivity contribution is 6.10. The minimum absolute atomic E-state index is 0.0779. The SMILES string of the molecule is CC(C)(CO)NC(=O)c1ccncc1NC(=O)c1nc(C2CC2)cnc1Nc1cncnc1. The van der Waals surface area contributed by atoms with E-state index in [-0.39, 0.29) is 29.4 Å². The molecule has 11 nitrogen and oxygen atoms in total. The third-order valence-electron chi connectivity index (χ3n) is 4.99. The van der Waals surface area contributed by atoms with E-state index in [1.165, 1.54) is 24.8 Å². The van der Waals surface area contributed by atoms with Crippen LogP contribution in [0.4, 0.5) is 17.2 Å². The van der Waals surface area contributed by atoms with Crippen LogP contribution in [0.5, 0.6) is 0 Å². The first kappa shape index (κ1) is 22.2. The number of aromatic nitrogens is 5. The zero-order chi connectivity index (χ0) is 23.4. The molecule has 0 aromatic carbocycles.